The van der Waals surface area contributed by atoms with Crippen molar-refractivity contribution >= 4 is 11.7 Å². The van der Waals surface area contributed by atoms with E-state index in [2.05, 4.69) is 4.98 Å². The van der Waals surface area contributed by atoms with Gasteiger partial charge in [0.1, 0.15) is 0 Å². The second kappa shape index (κ2) is 5.87. The van der Waals surface area contributed by atoms with Gasteiger partial charge in [-0.25, -0.2) is 9.78 Å². The maximum absolute atomic E-state index is 10.8. The molecule has 0 saturated heterocycles. The first-order valence-corrected chi connectivity index (χ1v) is 5.72. The lowest BCUT2D eigenvalue weighted by Gasteiger charge is -2.09. The van der Waals surface area contributed by atoms with Gasteiger partial charge in [0.25, 0.3) is 5.69 Å². The Labute approximate surface area is 118 Å². The summed E-state index contributed by atoms with van der Waals surface area (Å²) in [5, 5.41) is 19.5. The smallest absolute Gasteiger partial charge is 0.354 e. The third-order valence-corrected chi connectivity index (χ3v) is 2.52. The first-order valence-electron chi connectivity index (χ1n) is 5.72. The summed E-state index contributed by atoms with van der Waals surface area (Å²) in [5.74, 6) is -0.803. The van der Waals surface area contributed by atoms with Gasteiger partial charge in [-0.1, -0.05) is 6.07 Å². The van der Waals surface area contributed by atoms with Gasteiger partial charge in [0.2, 0.25) is 5.88 Å². The second-order valence-electron chi connectivity index (χ2n) is 3.86. The van der Waals surface area contributed by atoms with Gasteiger partial charge in [0, 0.05) is 12.1 Å². The van der Waals surface area contributed by atoms with E-state index >= 15 is 0 Å². The van der Waals surface area contributed by atoms with Gasteiger partial charge >= 0.3 is 5.97 Å². The van der Waals surface area contributed by atoms with E-state index in [1.807, 2.05) is 0 Å². The summed E-state index contributed by atoms with van der Waals surface area (Å²) in [5.41, 5.74) is -0.320. The lowest BCUT2D eigenvalue weighted by molar-refractivity contribution is -0.384. The number of methoxy groups -OCH3 is 1. The molecular weight excluding hydrogens is 280 g/mol. The van der Waals surface area contributed by atoms with Gasteiger partial charge in [0.15, 0.2) is 17.2 Å². The summed E-state index contributed by atoms with van der Waals surface area (Å²) in [7, 11) is 1.34. The van der Waals surface area contributed by atoms with Crippen LogP contribution in [0.15, 0.2) is 36.4 Å². The molecule has 0 saturated carbocycles. The number of carbonyl (C=O) groups is 1. The Morgan fingerprint density at radius 1 is 1.29 bits per heavy atom. The summed E-state index contributed by atoms with van der Waals surface area (Å²) >= 11 is 0. The Bertz CT molecular complexity index is 701. The number of hydrogen-bond donors (Lipinski definition) is 1. The predicted octanol–water partition coefficient (Wildman–Crippen LogP) is 2.49. The molecule has 1 aromatic carbocycles. The molecule has 0 atom stereocenters. The molecule has 0 radical (unpaired) electrons. The molecule has 0 bridgehead atoms. The zero-order valence-corrected chi connectivity index (χ0v) is 10.8. The minimum absolute atomic E-state index is 0.0436. The largest absolute Gasteiger partial charge is 0.493 e. The average Bonchev–Trinajstić information content (AvgIpc) is 2.47. The highest BCUT2D eigenvalue weighted by Crippen LogP contribution is 2.33. The molecule has 8 heteroatoms. The highest BCUT2D eigenvalue weighted by atomic mass is 16.6. The predicted molar refractivity (Wildman–Crippen MR) is 70.9 cm³/mol. The van der Waals surface area contributed by atoms with Crippen molar-refractivity contribution in [3.8, 4) is 17.4 Å². The monoisotopic (exact) mass is 290 g/mol. The molecule has 0 aliphatic heterocycles. The van der Waals surface area contributed by atoms with Gasteiger partial charge in [-0.15, -0.1) is 0 Å². The fourth-order valence-corrected chi connectivity index (χ4v) is 1.56. The summed E-state index contributed by atoms with van der Waals surface area (Å²) in [6.07, 6.45) is 0. The quantitative estimate of drug-likeness (QED) is 0.664. The van der Waals surface area contributed by atoms with Crippen LogP contribution in [0.3, 0.4) is 0 Å². The highest BCUT2D eigenvalue weighted by Gasteiger charge is 2.14. The minimum Gasteiger partial charge on any atom is -0.493 e. The van der Waals surface area contributed by atoms with Crippen molar-refractivity contribution in [1.82, 2.24) is 4.98 Å². The number of ether oxygens (including phenoxy) is 2. The summed E-state index contributed by atoms with van der Waals surface area (Å²) in [6, 6.07) is 8.07. The topological polar surface area (TPSA) is 112 Å². The van der Waals surface area contributed by atoms with Crippen LogP contribution in [0.25, 0.3) is 0 Å². The van der Waals surface area contributed by atoms with Crippen molar-refractivity contribution < 1.29 is 24.3 Å². The third kappa shape index (κ3) is 3.24. The molecule has 108 valence electrons. The molecule has 21 heavy (non-hydrogen) atoms. The first-order chi connectivity index (χ1) is 10.0. The molecule has 1 N–H and O–H groups in total. The maximum Gasteiger partial charge on any atom is 0.354 e. The first kappa shape index (κ1) is 14.3. The van der Waals surface area contributed by atoms with E-state index in [-0.39, 0.29) is 28.8 Å². The Morgan fingerprint density at radius 2 is 2.05 bits per heavy atom. The van der Waals surface area contributed by atoms with Crippen LogP contribution in [0.4, 0.5) is 5.69 Å². The number of aromatic nitrogens is 1. The zero-order valence-electron chi connectivity index (χ0n) is 10.8. The molecule has 2 rings (SSSR count). The van der Waals surface area contributed by atoms with Crippen molar-refractivity contribution in [2.45, 2.75) is 0 Å². The van der Waals surface area contributed by atoms with Crippen LogP contribution in [0, 0.1) is 10.1 Å². The molecule has 0 unspecified atom stereocenters. The number of hydrogen-bond acceptors (Lipinski definition) is 6. The molecule has 8 nitrogen and oxygen atoms in total. The highest BCUT2D eigenvalue weighted by molar-refractivity contribution is 5.85. The molecule has 0 aliphatic rings. The lowest BCUT2D eigenvalue weighted by atomic mass is 10.3. The number of aromatic carboxylic acids is 1. The fraction of sp³-hybridized carbons (Fsp3) is 0.0769. The number of pyridine rings is 1. The van der Waals surface area contributed by atoms with Crippen molar-refractivity contribution in [3.63, 3.8) is 0 Å². The number of carboxylic acids is 1. The minimum atomic E-state index is -1.18. The third-order valence-electron chi connectivity index (χ3n) is 2.52. The van der Waals surface area contributed by atoms with Gasteiger partial charge in [-0.3, -0.25) is 10.1 Å². The second-order valence-corrected chi connectivity index (χ2v) is 3.86. The van der Waals surface area contributed by atoms with Crippen molar-refractivity contribution in [2.24, 2.45) is 0 Å². The molecule has 0 amide bonds. The number of rotatable bonds is 5. The molecule has 0 aliphatic carbocycles. The van der Waals surface area contributed by atoms with E-state index < -0.39 is 10.9 Å². The standard InChI is InChI=1S/C13H10N2O6/c1-20-11-7-8(15(18)19)5-6-10(11)21-12-4-2-3-9(14-12)13(16)17/h2-7H,1H3,(H,16,17). The normalized spacial score (nSPS) is 9.95. The molecule has 0 fully saturated rings. The zero-order chi connectivity index (χ0) is 15.4. The molecule has 1 aromatic heterocycles. The Hall–Kier alpha value is -3.16. The van der Waals surface area contributed by atoms with Gasteiger partial charge in [-0.2, -0.15) is 0 Å². The van der Waals surface area contributed by atoms with Crippen LogP contribution in [0.1, 0.15) is 10.5 Å². The van der Waals surface area contributed by atoms with Gasteiger partial charge in [0.05, 0.1) is 18.1 Å². The Kier molecular flexibility index (Phi) is 3.98. The van der Waals surface area contributed by atoms with E-state index in [1.165, 1.54) is 43.5 Å². The number of non-ortho nitro benzene ring substituents is 1. The molecule has 1 heterocycles. The van der Waals surface area contributed by atoms with Gasteiger partial charge < -0.3 is 14.6 Å². The van der Waals surface area contributed by atoms with Crippen LogP contribution in [0.2, 0.25) is 0 Å². The van der Waals surface area contributed by atoms with E-state index in [0.717, 1.165) is 0 Å². The van der Waals surface area contributed by atoms with Crippen LogP contribution in [-0.2, 0) is 0 Å². The molecule has 2 aromatic rings. The summed E-state index contributed by atoms with van der Waals surface area (Å²) in [6.45, 7) is 0. The maximum atomic E-state index is 10.8. The van der Waals surface area contributed by atoms with Gasteiger partial charge in [-0.05, 0) is 12.1 Å². The van der Waals surface area contributed by atoms with E-state index in [4.69, 9.17) is 14.6 Å². The van der Waals surface area contributed by atoms with Crippen molar-refractivity contribution in [3.05, 3.63) is 52.2 Å². The van der Waals surface area contributed by atoms with Crippen LogP contribution < -0.4 is 9.47 Å². The summed E-state index contributed by atoms with van der Waals surface area (Å²) in [4.78, 5) is 24.7. The molecular formula is C13H10N2O6. The molecule has 0 spiro atoms. The van der Waals surface area contributed by atoms with Crippen molar-refractivity contribution in [2.75, 3.05) is 7.11 Å². The fourth-order valence-electron chi connectivity index (χ4n) is 1.56. The Balaban J connectivity index is 2.33. The number of nitro groups is 1. The number of benzene rings is 1. The Morgan fingerprint density at radius 3 is 2.67 bits per heavy atom. The number of carboxylic acid groups (broad SMARTS) is 1. The van der Waals surface area contributed by atoms with Crippen LogP contribution >= 0.6 is 0 Å². The lowest BCUT2D eigenvalue weighted by Crippen LogP contribution is -2.01. The van der Waals surface area contributed by atoms with E-state index in [9.17, 15) is 14.9 Å². The van der Waals surface area contributed by atoms with Crippen molar-refractivity contribution in [1.29, 1.82) is 0 Å². The number of nitro benzene ring substituents is 1. The van der Waals surface area contributed by atoms with E-state index in [1.54, 1.807) is 0 Å². The van der Waals surface area contributed by atoms with E-state index in [0.29, 0.717) is 0 Å². The average molecular weight is 290 g/mol. The number of nitrogens with zero attached hydrogens (tertiary/aromatic N) is 2. The summed E-state index contributed by atoms with van der Waals surface area (Å²) < 4.78 is 10.4. The van der Waals surface area contributed by atoms with Crippen LogP contribution in [-0.4, -0.2) is 28.1 Å². The van der Waals surface area contributed by atoms with Crippen LogP contribution in [0.5, 0.6) is 17.4 Å². The SMILES string of the molecule is COc1cc([N+](=O)[O-])ccc1Oc1cccc(C(=O)O)n1.